The Morgan fingerprint density at radius 1 is 1.39 bits per heavy atom. The predicted molar refractivity (Wildman–Crippen MR) is 73.2 cm³/mol. The van der Waals surface area contributed by atoms with Crippen LogP contribution in [0.2, 0.25) is 0 Å². The molecule has 0 aliphatic carbocycles. The summed E-state index contributed by atoms with van der Waals surface area (Å²) in [6.45, 7) is 5.73. The largest absolute Gasteiger partial charge is 0.497 e. The summed E-state index contributed by atoms with van der Waals surface area (Å²) in [5.74, 6) is 1.80. The van der Waals surface area contributed by atoms with Crippen LogP contribution in [0, 0.1) is 6.92 Å². The summed E-state index contributed by atoms with van der Waals surface area (Å²) in [5.41, 5.74) is 2.22. The Labute approximate surface area is 108 Å². The van der Waals surface area contributed by atoms with E-state index < -0.39 is 0 Å². The molecule has 0 bridgehead atoms. The van der Waals surface area contributed by atoms with Gasteiger partial charge in [0.05, 0.1) is 19.3 Å². The Morgan fingerprint density at radius 2 is 2.22 bits per heavy atom. The first-order chi connectivity index (χ1) is 8.72. The van der Waals surface area contributed by atoms with E-state index in [2.05, 4.69) is 34.1 Å². The minimum Gasteiger partial charge on any atom is -0.497 e. The van der Waals surface area contributed by atoms with Crippen LogP contribution in [-0.4, -0.2) is 23.2 Å². The molecule has 0 saturated heterocycles. The number of nitrogens with one attached hydrogen (secondary N) is 1. The zero-order valence-corrected chi connectivity index (χ0v) is 11.1. The molecule has 2 aromatic rings. The van der Waals surface area contributed by atoms with Gasteiger partial charge >= 0.3 is 0 Å². The first-order valence-corrected chi connectivity index (χ1v) is 6.13. The normalized spacial score (nSPS) is 10.4. The third kappa shape index (κ3) is 2.83. The van der Waals surface area contributed by atoms with Crippen molar-refractivity contribution in [2.75, 3.05) is 19.0 Å². The number of ether oxygens (including phenoxy) is 1. The van der Waals surface area contributed by atoms with Crippen LogP contribution in [0.3, 0.4) is 0 Å². The van der Waals surface area contributed by atoms with Crippen molar-refractivity contribution in [3.05, 3.63) is 41.7 Å². The molecule has 96 valence electrons. The number of aryl methyl sites for hydroxylation is 1. The van der Waals surface area contributed by atoms with Crippen LogP contribution in [0.1, 0.15) is 18.2 Å². The molecule has 2 rings (SSSR count). The second-order valence-electron chi connectivity index (χ2n) is 4.22. The molecule has 0 radical (unpaired) electrons. The van der Waals surface area contributed by atoms with E-state index in [9.17, 15) is 0 Å². The molecule has 1 aromatic carbocycles. The number of anilines is 1. The Balaban J connectivity index is 2.21. The summed E-state index contributed by atoms with van der Waals surface area (Å²) in [5, 5.41) is 3.27. The monoisotopic (exact) mass is 245 g/mol. The molecule has 1 aromatic heterocycles. The van der Waals surface area contributed by atoms with Gasteiger partial charge in [-0.1, -0.05) is 12.1 Å². The fourth-order valence-corrected chi connectivity index (χ4v) is 1.93. The SMILES string of the molecule is CCNc1nc(C)cn1Cc1cccc(OC)c1. The smallest absolute Gasteiger partial charge is 0.203 e. The van der Waals surface area contributed by atoms with Crippen LogP contribution < -0.4 is 10.1 Å². The topological polar surface area (TPSA) is 39.1 Å². The Morgan fingerprint density at radius 3 is 2.94 bits per heavy atom. The highest BCUT2D eigenvalue weighted by Gasteiger charge is 2.05. The van der Waals surface area contributed by atoms with E-state index in [0.29, 0.717) is 0 Å². The lowest BCUT2D eigenvalue weighted by molar-refractivity contribution is 0.414. The fourth-order valence-electron chi connectivity index (χ4n) is 1.93. The molecule has 4 heteroatoms. The van der Waals surface area contributed by atoms with E-state index in [4.69, 9.17) is 4.74 Å². The summed E-state index contributed by atoms with van der Waals surface area (Å²) in [4.78, 5) is 4.46. The lowest BCUT2D eigenvalue weighted by Gasteiger charge is -2.09. The van der Waals surface area contributed by atoms with Gasteiger partial charge in [-0.2, -0.15) is 0 Å². The number of nitrogens with zero attached hydrogens (tertiary/aromatic N) is 2. The number of hydrogen-bond donors (Lipinski definition) is 1. The van der Waals surface area contributed by atoms with E-state index in [1.54, 1.807) is 7.11 Å². The van der Waals surface area contributed by atoms with Gasteiger partial charge in [0.1, 0.15) is 5.75 Å². The van der Waals surface area contributed by atoms with Gasteiger partial charge < -0.3 is 14.6 Å². The van der Waals surface area contributed by atoms with E-state index in [1.165, 1.54) is 5.56 Å². The van der Waals surface area contributed by atoms with Crippen LogP contribution in [0.15, 0.2) is 30.5 Å². The van der Waals surface area contributed by atoms with Crippen LogP contribution in [0.5, 0.6) is 5.75 Å². The van der Waals surface area contributed by atoms with Crippen LogP contribution in [0.4, 0.5) is 5.95 Å². The Kier molecular flexibility index (Phi) is 3.87. The third-order valence-corrected chi connectivity index (χ3v) is 2.72. The predicted octanol–water partition coefficient (Wildman–Crippen LogP) is 2.68. The number of hydrogen-bond acceptors (Lipinski definition) is 3. The molecule has 0 unspecified atom stereocenters. The van der Waals surface area contributed by atoms with Gasteiger partial charge in [-0.05, 0) is 31.5 Å². The summed E-state index contributed by atoms with van der Waals surface area (Å²) >= 11 is 0. The standard InChI is InChI=1S/C14H19N3O/c1-4-15-14-16-11(2)9-17(14)10-12-6-5-7-13(8-12)18-3/h5-9H,4,10H2,1-3H3,(H,15,16). The van der Waals surface area contributed by atoms with Gasteiger partial charge in [0.2, 0.25) is 5.95 Å². The number of methoxy groups -OCH3 is 1. The number of aromatic nitrogens is 2. The van der Waals surface area contributed by atoms with Crippen molar-refractivity contribution in [2.24, 2.45) is 0 Å². The number of rotatable bonds is 5. The maximum atomic E-state index is 5.23. The first-order valence-electron chi connectivity index (χ1n) is 6.13. The number of imidazole rings is 1. The second kappa shape index (κ2) is 5.58. The molecule has 0 atom stereocenters. The second-order valence-corrected chi connectivity index (χ2v) is 4.22. The maximum absolute atomic E-state index is 5.23. The van der Waals surface area contributed by atoms with Crippen LogP contribution in [0.25, 0.3) is 0 Å². The third-order valence-electron chi connectivity index (χ3n) is 2.72. The molecule has 18 heavy (non-hydrogen) atoms. The van der Waals surface area contributed by atoms with Crippen molar-refractivity contribution < 1.29 is 4.74 Å². The molecule has 4 nitrogen and oxygen atoms in total. The molecule has 0 fully saturated rings. The fraction of sp³-hybridized carbons (Fsp3) is 0.357. The maximum Gasteiger partial charge on any atom is 0.203 e. The average molecular weight is 245 g/mol. The van der Waals surface area contributed by atoms with Crippen molar-refractivity contribution in [1.29, 1.82) is 0 Å². The zero-order chi connectivity index (χ0) is 13.0. The lowest BCUT2D eigenvalue weighted by atomic mass is 10.2. The van der Waals surface area contributed by atoms with E-state index in [0.717, 1.165) is 30.5 Å². The summed E-state index contributed by atoms with van der Waals surface area (Å²) < 4.78 is 7.35. The Bertz CT molecular complexity index is 520. The molecule has 1 heterocycles. The quantitative estimate of drug-likeness (QED) is 0.880. The van der Waals surface area contributed by atoms with E-state index >= 15 is 0 Å². The van der Waals surface area contributed by atoms with Crippen molar-refractivity contribution in [3.8, 4) is 5.75 Å². The van der Waals surface area contributed by atoms with Gasteiger partial charge in [0, 0.05) is 12.7 Å². The average Bonchev–Trinajstić information content (AvgIpc) is 2.70. The van der Waals surface area contributed by atoms with E-state index in [1.807, 2.05) is 25.1 Å². The molecule has 1 N–H and O–H groups in total. The molecule has 0 saturated carbocycles. The Hall–Kier alpha value is -1.97. The first kappa shape index (κ1) is 12.5. The summed E-state index contributed by atoms with van der Waals surface area (Å²) in [6.07, 6.45) is 2.05. The van der Waals surface area contributed by atoms with Crippen LogP contribution in [-0.2, 0) is 6.54 Å². The molecule has 0 aliphatic rings. The highest BCUT2D eigenvalue weighted by atomic mass is 16.5. The summed E-state index contributed by atoms with van der Waals surface area (Å²) in [7, 11) is 1.69. The lowest BCUT2D eigenvalue weighted by Crippen LogP contribution is -2.07. The molecular weight excluding hydrogens is 226 g/mol. The van der Waals surface area contributed by atoms with Gasteiger partial charge in [0.15, 0.2) is 0 Å². The number of benzene rings is 1. The highest BCUT2D eigenvalue weighted by molar-refractivity contribution is 5.33. The molecular formula is C14H19N3O. The molecule has 0 aliphatic heterocycles. The van der Waals surface area contributed by atoms with Crippen molar-refractivity contribution in [2.45, 2.75) is 20.4 Å². The van der Waals surface area contributed by atoms with Gasteiger partial charge in [-0.15, -0.1) is 0 Å². The van der Waals surface area contributed by atoms with Gasteiger partial charge in [-0.25, -0.2) is 4.98 Å². The van der Waals surface area contributed by atoms with Crippen molar-refractivity contribution in [1.82, 2.24) is 9.55 Å². The zero-order valence-electron chi connectivity index (χ0n) is 11.1. The minimum absolute atomic E-state index is 0.792. The van der Waals surface area contributed by atoms with Crippen LogP contribution >= 0.6 is 0 Å². The molecule has 0 spiro atoms. The van der Waals surface area contributed by atoms with E-state index in [-0.39, 0.29) is 0 Å². The van der Waals surface area contributed by atoms with Gasteiger partial charge in [-0.3, -0.25) is 0 Å². The highest BCUT2D eigenvalue weighted by Crippen LogP contribution is 2.16. The van der Waals surface area contributed by atoms with Gasteiger partial charge in [0.25, 0.3) is 0 Å². The minimum atomic E-state index is 0.792. The molecule has 0 amide bonds. The van der Waals surface area contributed by atoms with Crippen molar-refractivity contribution >= 4 is 5.95 Å². The summed E-state index contributed by atoms with van der Waals surface area (Å²) in [6, 6.07) is 8.09. The van der Waals surface area contributed by atoms with Crippen molar-refractivity contribution in [3.63, 3.8) is 0 Å².